The molecule has 16 heteroatoms. The topological polar surface area (TPSA) is 217 Å². The van der Waals surface area contributed by atoms with Gasteiger partial charge in [0.2, 0.25) is 12.2 Å². The van der Waals surface area contributed by atoms with Crippen LogP contribution in [-0.4, -0.2) is 94.9 Å². The zero-order chi connectivity index (χ0) is 31.9. The van der Waals surface area contributed by atoms with Gasteiger partial charge in [-0.05, 0) is 44.2 Å². The maximum atomic E-state index is 13.2. The molecule has 5 rings (SSSR count). The van der Waals surface area contributed by atoms with Crippen LogP contribution in [0, 0.1) is 5.92 Å². The van der Waals surface area contributed by atoms with Gasteiger partial charge < -0.3 is 49.8 Å². The fourth-order valence-electron chi connectivity index (χ4n) is 5.37. The molecule has 1 aromatic carbocycles. The Bertz CT molecular complexity index is 1540. The highest BCUT2D eigenvalue weighted by Crippen LogP contribution is 2.40. The number of aromatic amines is 1. The first kappa shape index (κ1) is 31.4. The number of primary amides is 1. The Hall–Kier alpha value is -4.06. The van der Waals surface area contributed by atoms with E-state index >= 15 is 0 Å². The van der Waals surface area contributed by atoms with E-state index in [4.69, 9.17) is 29.4 Å². The lowest BCUT2D eigenvalue weighted by molar-refractivity contribution is -0.239. The van der Waals surface area contributed by atoms with E-state index in [9.17, 15) is 29.4 Å². The molecule has 1 aromatic heterocycles. The average Bonchev–Trinajstić information content (AvgIpc) is 3.45. The zero-order valence-corrected chi connectivity index (χ0v) is 24.4. The van der Waals surface area contributed by atoms with Crippen molar-refractivity contribution in [2.45, 2.75) is 62.7 Å². The van der Waals surface area contributed by atoms with E-state index in [1.54, 1.807) is 26.0 Å². The summed E-state index contributed by atoms with van der Waals surface area (Å²) in [6.07, 6.45) is -6.64. The smallest absolute Gasteiger partial charge is 0.330 e. The summed E-state index contributed by atoms with van der Waals surface area (Å²) in [6.45, 7) is 2.62. The van der Waals surface area contributed by atoms with Crippen molar-refractivity contribution in [2.24, 2.45) is 11.7 Å². The standard InChI is InChI=1S/C28H35N5O11/c1-28(2)43-16-11-17(24(38)30-13-5-7-14(8-6-13)32(3)4)40-26(21(16)44-28)42-22(23(29)37)20-15(12-34)19(36)25(41-20)33-10-9-18(35)31-27(33)39/h5-11,15-16,19-22,25-26,34,36H,12H2,1-4H3,(H2,29,37)(H,30,38)(H,31,35,39)/t15-,16-,19+,20-,21-,22+,25+,26+/m0/s1. The second-order valence-corrected chi connectivity index (χ2v) is 11.3. The Morgan fingerprint density at radius 1 is 1.18 bits per heavy atom. The van der Waals surface area contributed by atoms with Crippen LogP contribution in [-0.2, 0) is 33.3 Å². The third-order valence-corrected chi connectivity index (χ3v) is 7.50. The Labute approximate surface area is 250 Å². The molecule has 0 spiro atoms. The fraction of sp³-hybridized carbons (Fsp3) is 0.500. The summed E-state index contributed by atoms with van der Waals surface area (Å²) in [5.74, 6) is -4.12. The van der Waals surface area contributed by atoms with E-state index in [-0.39, 0.29) is 5.76 Å². The van der Waals surface area contributed by atoms with Gasteiger partial charge >= 0.3 is 5.69 Å². The summed E-state index contributed by atoms with van der Waals surface area (Å²) in [5, 5.41) is 23.8. The number of carbonyl (C=O) groups is 2. The summed E-state index contributed by atoms with van der Waals surface area (Å²) < 4.78 is 30.6. The van der Waals surface area contributed by atoms with Gasteiger partial charge in [0.15, 0.2) is 30.0 Å². The van der Waals surface area contributed by atoms with Crippen LogP contribution in [0.25, 0.3) is 0 Å². The van der Waals surface area contributed by atoms with Crippen LogP contribution in [0.4, 0.5) is 11.4 Å². The van der Waals surface area contributed by atoms with Crippen LogP contribution in [0.1, 0.15) is 20.1 Å². The number of hydrogen-bond donors (Lipinski definition) is 5. The third-order valence-electron chi connectivity index (χ3n) is 7.50. The summed E-state index contributed by atoms with van der Waals surface area (Å²) >= 11 is 0. The number of nitrogens with one attached hydrogen (secondary N) is 2. The minimum atomic E-state index is -1.66. The number of nitrogens with two attached hydrogens (primary N) is 1. The molecule has 2 amide bonds. The number of fused-ring (bicyclic) bond motifs is 1. The van der Waals surface area contributed by atoms with Gasteiger partial charge in [-0.25, -0.2) is 4.79 Å². The van der Waals surface area contributed by atoms with E-state index in [2.05, 4.69) is 10.3 Å². The van der Waals surface area contributed by atoms with Crippen LogP contribution in [0.2, 0.25) is 0 Å². The van der Waals surface area contributed by atoms with E-state index in [1.807, 2.05) is 31.1 Å². The molecule has 44 heavy (non-hydrogen) atoms. The maximum absolute atomic E-state index is 13.2. The van der Waals surface area contributed by atoms with E-state index in [0.717, 1.165) is 22.5 Å². The van der Waals surface area contributed by atoms with Crippen LogP contribution in [0.5, 0.6) is 0 Å². The predicted octanol–water partition coefficient (Wildman–Crippen LogP) is -1.26. The number of H-pyrrole nitrogens is 1. The molecule has 0 bridgehead atoms. The van der Waals surface area contributed by atoms with Crippen molar-refractivity contribution in [1.82, 2.24) is 9.55 Å². The molecule has 2 aromatic rings. The average molecular weight is 618 g/mol. The van der Waals surface area contributed by atoms with Gasteiger partial charge in [0.1, 0.15) is 18.3 Å². The number of aliphatic hydroxyl groups excluding tert-OH is 2. The zero-order valence-electron chi connectivity index (χ0n) is 24.4. The van der Waals surface area contributed by atoms with Gasteiger partial charge in [-0.15, -0.1) is 0 Å². The molecule has 16 nitrogen and oxygen atoms in total. The molecule has 0 radical (unpaired) electrons. The lowest BCUT2D eigenvalue weighted by atomic mass is 9.94. The summed E-state index contributed by atoms with van der Waals surface area (Å²) in [6, 6.07) is 8.13. The Kier molecular flexibility index (Phi) is 8.66. The van der Waals surface area contributed by atoms with Gasteiger partial charge in [-0.3, -0.25) is 23.9 Å². The number of amides is 2. The summed E-state index contributed by atoms with van der Waals surface area (Å²) in [4.78, 5) is 53.9. The molecule has 8 atom stereocenters. The number of aliphatic hydroxyl groups is 2. The number of benzene rings is 1. The molecule has 3 aliphatic heterocycles. The summed E-state index contributed by atoms with van der Waals surface area (Å²) in [7, 11) is 3.78. The van der Waals surface area contributed by atoms with Gasteiger partial charge in [-0.2, -0.15) is 0 Å². The molecule has 2 saturated heterocycles. The monoisotopic (exact) mass is 617 g/mol. The van der Waals surface area contributed by atoms with Crippen molar-refractivity contribution in [3.8, 4) is 0 Å². The second-order valence-electron chi connectivity index (χ2n) is 11.3. The van der Waals surface area contributed by atoms with Gasteiger partial charge in [0.25, 0.3) is 11.5 Å². The highest BCUT2D eigenvalue weighted by Gasteiger charge is 2.54. The first-order chi connectivity index (χ1) is 20.8. The number of anilines is 2. The van der Waals surface area contributed by atoms with E-state index < -0.39 is 84.4 Å². The first-order valence-electron chi connectivity index (χ1n) is 13.8. The Morgan fingerprint density at radius 3 is 2.50 bits per heavy atom. The minimum Gasteiger partial charge on any atom is -0.456 e. The molecule has 2 fully saturated rings. The largest absolute Gasteiger partial charge is 0.456 e. The maximum Gasteiger partial charge on any atom is 0.330 e. The highest BCUT2D eigenvalue weighted by molar-refractivity contribution is 6.02. The second kappa shape index (κ2) is 12.1. The molecule has 4 heterocycles. The summed E-state index contributed by atoms with van der Waals surface area (Å²) in [5.41, 5.74) is 5.57. The molecule has 0 aliphatic carbocycles. The van der Waals surface area contributed by atoms with Crippen LogP contribution < -0.4 is 27.2 Å². The van der Waals surface area contributed by atoms with Crippen molar-refractivity contribution in [2.75, 3.05) is 30.9 Å². The van der Waals surface area contributed by atoms with Crippen molar-refractivity contribution in [3.05, 3.63) is 69.2 Å². The van der Waals surface area contributed by atoms with Crippen molar-refractivity contribution in [3.63, 3.8) is 0 Å². The molecular formula is C28H35N5O11. The molecule has 0 saturated carbocycles. The number of carbonyl (C=O) groups excluding carboxylic acids is 2. The number of ether oxygens (including phenoxy) is 5. The first-order valence-corrected chi connectivity index (χ1v) is 13.8. The Balaban J connectivity index is 1.39. The SMILES string of the molecule is CN(C)c1ccc(NC(=O)C2=C[C@@H]3OC(C)(C)O[C@@H]3[C@@H](O[C@@H](C(N)=O)[C@H]3O[C@@H](n4ccc(=O)[nH]c4=O)[C@H](O)[C@@H]3CO)O2)cc1. The molecule has 238 valence electrons. The molecular weight excluding hydrogens is 582 g/mol. The number of aromatic nitrogens is 2. The number of nitrogens with zero attached hydrogens (tertiary/aromatic N) is 2. The fourth-order valence-corrected chi connectivity index (χ4v) is 5.37. The molecule has 3 aliphatic rings. The van der Waals surface area contributed by atoms with Crippen LogP contribution in [0.3, 0.4) is 0 Å². The minimum absolute atomic E-state index is 0.179. The predicted molar refractivity (Wildman–Crippen MR) is 152 cm³/mol. The van der Waals surface area contributed by atoms with Crippen LogP contribution >= 0.6 is 0 Å². The lowest BCUT2D eigenvalue weighted by Crippen LogP contribution is -2.52. The van der Waals surface area contributed by atoms with Crippen molar-refractivity contribution >= 4 is 23.2 Å². The molecule has 0 unspecified atom stereocenters. The van der Waals surface area contributed by atoms with Crippen molar-refractivity contribution < 1.29 is 43.5 Å². The van der Waals surface area contributed by atoms with Crippen molar-refractivity contribution in [1.29, 1.82) is 0 Å². The lowest BCUT2D eigenvalue weighted by Gasteiger charge is -2.34. The normalized spacial score (nSPS) is 29.7. The van der Waals surface area contributed by atoms with Gasteiger partial charge in [0.05, 0.1) is 6.61 Å². The number of hydrogen-bond acceptors (Lipinski definition) is 12. The quantitative estimate of drug-likeness (QED) is 0.223. The van der Waals surface area contributed by atoms with Gasteiger partial charge in [-0.1, -0.05) is 0 Å². The van der Waals surface area contributed by atoms with E-state index in [1.165, 1.54) is 6.08 Å². The number of rotatable bonds is 9. The highest BCUT2D eigenvalue weighted by atomic mass is 16.8. The molecule has 6 N–H and O–H groups in total. The third kappa shape index (κ3) is 6.26. The van der Waals surface area contributed by atoms with Crippen LogP contribution in [0.15, 0.2) is 58.0 Å². The Morgan fingerprint density at radius 2 is 1.89 bits per heavy atom. The van der Waals surface area contributed by atoms with Gasteiger partial charge in [0, 0.05) is 43.7 Å². The van der Waals surface area contributed by atoms with E-state index in [0.29, 0.717) is 5.69 Å².